The summed E-state index contributed by atoms with van der Waals surface area (Å²) in [5, 5.41) is 4.77. The van der Waals surface area contributed by atoms with Crippen LogP contribution in [0.3, 0.4) is 0 Å². The van der Waals surface area contributed by atoms with Gasteiger partial charge in [0.25, 0.3) is 5.89 Å². The third kappa shape index (κ3) is 3.87. The maximum absolute atomic E-state index is 13.0. The van der Waals surface area contributed by atoms with Gasteiger partial charge < -0.3 is 13.9 Å². The van der Waals surface area contributed by atoms with Gasteiger partial charge in [-0.1, -0.05) is 24.9 Å². The summed E-state index contributed by atoms with van der Waals surface area (Å²) in [5.74, 6) is 1.06. The molecule has 9 nitrogen and oxygen atoms in total. The molecule has 0 amide bonds. The van der Waals surface area contributed by atoms with Crippen LogP contribution in [0.5, 0.6) is 11.5 Å². The van der Waals surface area contributed by atoms with E-state index in [0.717, 1.165) is 27.5 Å². The zero-order chi connectivity index (χ0) is 22.8. The van der Waals surface area contributed by atoms with Crippen LogP contribution >= 0.6 is 11.6 Å². The van der Waals surface area contributed by atoms with Gasteiger partial charge in [-0.15, -0.1) is 14.6 Å². The Morgan fingerprint density at radius 3 is 2.50 bits per heavy atom. The van der Waals surface area contributed by atoms with Crippen LogP contribution in [0, 0.1) is 0 Å². The quantitative estimate of drug-likeness (QED) is 0.419. The van der Waals surface area contributed by atoms with Gasteiger partial charge in [0.05, 0.1) is 25.0 Å². The molecule has 0 saturated carbocycles. The van der Waals surface area contributed by atoms with Crippen molar-refractivity contribution in [2.45, 2.75) is 26.7 Å². The van der Waals surface area contributed by atoms with E-state index in [1.54, 1.807) is 37.4 Å². The van der Waals surface area contributed by atoms with Crippen LogP contribution in [-0.4, -0.2) is 32.9 Å². The van der Waals surface area contributed by atoms with Gasteiger partial charge in [0.15, 0.2) is 0 Å². The Morgan fingerprint density at radius 2 is 1.84 bits per heavy atom. The molecule has 0 N–H and O–H groups in total. The number of halogens is 1. The predicted octanol–water partition coefficient (Wildman–Crippen LogP) is 3.51. The average molecular weight is 457 g/mol. The van der Waals surface area contributed by atoms with E-state index in [2.05, 4.69) is 17.0 Å². The summed E-state index contributed by atoms with van der Waals surface area (Å²) in [5.41, 5.74) is 0.299. The largest absolute Gasteiger partial charge is 0.496 e. The second kappa shape index (κ2) is 8.88. The second-order valence-corrected chi connectivity index (χ2v) is 7.37. The van der Waals surface area contributed by atoms with E-state index >= 15 is 0 Å². The van der Waals surface area contributed by atoms with Gasteiger partial charge in [-0.05, 0) is 49.2 Å². The summed E-state index contributed by atoms with van der Waals surface area (Å²) in [7, 11) is 1.60. The molecule has 4 rings (SSSR count). The Balaban J connectivity index is 1.92. The highest BCUT2D eigenvalue weighted by Gasteiger charge is 2.21. The Bertz CT molecular complexity index is 1390. The van der Waals surface area contributed by atoms with Crippen molar-refractivity contribution in [1.29, 1.82) is 0 Å². The number of hydrogen-bond donors (Lipinski definition) is 0. The molecule has 166 valence electrons. The highest BCUT2D eigenvalue weighted by molar-refractivity contribution is 6.30. The SMILES string of the molecule is CCCc1cc(-c2nn3c(=O)n(-c4ccc(Cl)cc4)c(=O)nc3o2)c(OCC)cc1OC. The Hall–Kier alpha value is -3.59. The van der Waals surface area contributed by atoms with Crippen LogP contribution < -0.4 is 20.9 Å². The molecule has 0 bridgehead atoms. The van der Waals surface area contributed by atoms with E-state index in [4.69, 9.17) is 25.5 Å². The zero-order valence-electron chi connectivity index (χ0n) is 17.8. The summed E-state index contributed by atoms with van der Waals surface area (Å²) in [6.45, 7) is 4.32. The fourth-order valence-corrected chi connectivity index (χ4v) is 3.54. The van der Waals surface area contributed by atoms with Crippen LogP contribution in [0.2, 0.25) is 5.02 Å². The lowest BCUT2D eigenvalue weighted by atomic mass is 10.0. The number of rotatable bonds is 7. The average Bonchev–Trinajstić information content (AvgIpc) is 3.20. The molecule has 10 heteroatoms. The molecular formula is C22H21ClN4O5. The third-order valence-corrected chi connectivity index (χ3v) is 5.08. The maximum Gasteiger partial charge on any atom is 0.362 e. The summed E-state index contributed by atoms with van der Waals surface area (Å²) in [6.07, 6.45) is 1.67. The summed E-state index contributed by atoms with van der Waals surface area (Å²) >= 11 is 5.91. The van der Waals surface area contributed by atoms with Gasteiger partial charge in [0, 0.05) is 11.1 Å². The molecule has 0 aliphatic heterocycles. The first-order valence-corrected chi connectivity index (χ1v) is 10.5. The van der Waals surface area contributed by atoms with Crippen molar-refractivity contribution in [1.82, 2.24) is 19.2 Å². The molecule has 32 heavy (non-hydrogen) atoms. The number of benzene rings is 2. The molecule has 0 radical (unpaired) electrons. The first-order valence-electron chi connectivity index (χ1n) is 10.1. The Labute approximate surface area is 187 Å². The van der Waals surface area contributed by atoms with E-state index < -0.39 is 11.4 Å². The topological polar surface area (TPSA) is 101 Å². The summed E-state index contributed by atoms with van der Waals surface area (Å²) < 4.78 is 18.8. The van der Waals surface area contributed by atoms with Crippen molar-refractivity contribution in [2.75, 3.05) is 13.7 Å². The highest BCUT2D eigenvalue weighted by Crippen LogP contribution is 2.36. The minimum absolute atomic E-state index is 0.103. The Morgan fingerprint density at radius 1 is 1.09 bits per heavy atom. The molecule has 0 saturated heterocycles. The molecular weight excluding hydrogens is 436 g/mol. The molecule has 2 aromatic heterocycles. The maximum atomic E-state index is 13.0. The lowest BCUT2D eigenvalue weighted by Gasteiger charge is -2.13. The van der Waals surface area contributed by atoms with Crippen LogP contribution in [0.25, 0.3) is 23.0 Å². The predicted molar refractivity (Wildman–Crippen MR) is 119 cm³/mol. The van der Waals surface area contributed by atoms with E-state index in [9.17, 15) is 9.59 Å². The lowest BCUT2D eigenvalue weighted by molar-refractivity contribution is 0.336. The van der Waals surface area contributed by atoms with E-state index in [1.807, 2.05) is 13.0 Å². The van der Waals surface area contributed by atoms with E-state index in [-0.39, 0.29) is 11.7 Å². The van der Waals surface area contributed by atoms with Crippen molar-refractivity contribution in [3.63, 3.8) is 0 Å². The molecule has 0 aliphatic rings. The minimum Gasteiger partial charge on any atom is -0.496 e. The number of fused-ring (bicyclic) bond motifs is 1. The summed E-state index contributed by atoms with van der Waals surface area (Å²) in [4.78, 5) is 29.5. The van der Waals surface area contributed by atoms with Crippen LogP contribution in [0.15, 0.2) is 50.4 Å². The minimum atomic E-state index is -0.786. The third-order valence-electron chi connectivity index (χ3n) is 4.83. The number of methoxy groups -OCH3 is 1. The van der Waals surface area contributed by atoms with Crippen LogP contribution in [0.1, 0.15) is 25.8 Å². The number of aryl methyl sites for hydroxylation is 1. The molecule has 0 atom stereocenters. The molecule has 0 spiro atoms. The van der Waals surface area contributed by atoms with Gasteiger partial charge in [-0.2, -0.15) is 0 Å². The first-order chi connectivity index (χ1) is 15.5. The highest BCUT2D eigenvalue weighted by atomic mass is 35.5. The van der Waals surface area contributed by atoms with Crippen molar-refractivity contribution in [3.8, 4) is 28.6 Å². The molecule has 0 aliphatic carbocycles. The van der Waals surface area contributed by atoms with Gasteiger partial charge in [0.2, 0.25) is 0 Å². The monoisotopic (exact) mass is 456 g/mol. The van der Waals surface area contributed by atoms with Gasteiger partial charge >= 0.3 is 17.2 Å². The smallest absolute Gasteiger partial charge is 0.362 e. The van der Waals surface area contributed by atoms with Gasteiger partial charge in [0.1, 0.15) is 11.5 Å². The van der Waals surface area contributed by atoms with Crippen molar-refractivity contribution in [2.24, 2.45) is 0 Å². The number of nitrogens with zero attached hydrogens (tertiary/aromatic N) is 4. The van der Waals surface area contributed by atoms with Crippen molar-refractivity contribution in [3.05, 3.63) is 68.0 Å². The first kappa shape index (κ1) is 21.6. The standard InChI is InChI=1S/C22H21ClN4O5/c1-4-6-13-11-16(18(31-5-2)12-17(13)30-3)19-25-27-21(32-19)24-20(28)26(22(27)29)15-9-7-14(23)8-10-15/h7-12H,4-6H2,1-3H3. The van der Waals surface area contributed by atoms with Crippen molar-refractivity contribution < 1.29 is 13.9 Å². The zero-order valence-corrected chi connectivity index (χ0v) is 18.5. The van der Waals surface area contributed by atoms with Crippen molar-refractivity contribution >= 4 is 17.4 Å². The van der Waals surface area contributed by atoms with E-state index in [1.165, 1.54) is 0 Å². The van der Waals surface area contributed by atoms with Gasteiger partial charge in [-0.3, -0.25) is 0 Å². The number of hydrogen-bond acceptors (Lipinski definition) is 7. The van der Waals surface area contributed by atoms with Crippen LogP contribution in [-0.2, 0) is 6.42 Å². The Kier molecular flexibility index (Phi) is 6.00. The molecule has 2 aromatic carbocycles. The lowest BCUT2D eigenvalue weighted by Crippen LogP contribution is -2.38. The molecule has 2 heterocycles. The van der Waals surface area contributed by atoms with E-state index in [0.29, 0.717) is 34.4 Å². The van der Waals surface area contributed by atoms with Crippen LogP contribution in [0.4, 0.5) is 0 Å². The number of aromatic nitrogens is 4. The summed E-state index contributed by atoms with van der Waals surface area (Å²) in [6, 6.07) is 9.87. The molecule has 0 unspecified atom stereocenters. The fourth-order valence-electron chi connectivity index (χ4n) is 3.41. The second-order valence-electron chi connectivity index (χ2n) is 6.93. The number of ether oxygens (including phenoxy) is 2. The molecule has 0 fully saturated rings. The van der Waals surface area contributed by atoms with Gasteiger partial charge in [-0.25, -0.2) is 14.2 Å². The normalized spacial score (nSPS) is 11.1. The fraction of sp³-hybridized carbons (Fsp3) is 0.273. The molecule has 4 aromatic rings.